The zero-order chi connectivity index (χ0) is 14.0. The number of hydrogen-bond donors (Lipinski definition) is 2. The van der Waals surface area contributed by atoms with Gasteiger partial charge >= 0.3 is 5.97 Å². The molecule has 104 valence electrons. The molecule has 0 amide bonds. The topological polar surface area (TPSA) is 92.7 Å². The molecule has 1 heterocycles. The maximum absolute atomic E-state index is 13.2. The van der Waals surface area contributed by atoms with Crippen LogP contribution >= 0.6 is 0 Å². The van der Waals surface area contributed by atoms with Crippen LogP contribution in [0.1, 0.15) is 16.8 Å². The predicted octanol–water partition coefficient (Wildman–Crippen LogP) is 0.591. The molecule has 2 N–H and O–H groups in total. The Morgan fingerprint density at radius 3 is 2.79 bits per heavy atom. The SMILES string of the molecule is O=C(O)c1cc(S(=O)(=O)N[C@H]2CCOC2)ccc1F. The first-order valence-corrected chi connectivity index (χ1v) is 7.01. The molecule has 1 aromatic rings. The van der Waals surface area contributed by atoms with Gasteiger partial charge < -0.3 is 9.84 Å². The van der Waals surface area contributed by atoms with Gasteiger partial charge in [0.1, 0.15) is 5.82 Å². The van der Waals surface area contributed by atoms with Crippen LogP contribution in [-0.2, 0) is 14.8 Å². The van der Waals surface area contributed by atoms with Gasteiger partial charge in [-0.15, -0.1) is 0 Å². The summed E-state index contributed by atoms with van der Waals surface area (Å²) in [6.45, 7) is 0.739. The Labute approximate surface area is 109 Å². The van der Waals surface area contributed by atoms with Crippen molar-refractivity contribution in [3.05, 3.63) is 29.6 Å². The van der Waals surface area contributed by atoms with Crippen molar-refractivity contribution in [2.45, 2.75) is 17.4 Å². The lowest BCUT2D eigenvalue weighted by molar-refractivity contribution is 0.0691. The van der Waals surface area contributed by atoms with Crippen molar-refractivity contribution in [3.8, 4) is 0 Å². The van der Waals surface area contributed by atoms with E-state index in [1.165, 1.54) is 0 Å². The highest BCUT2D eigenvalue weighted by molar-refractivity contribution is 7.89. The molecule has 0 aromatic heterocycles. The van der Waals surface area contributed by atoms with E-state index in [2.05, 4.69) is 4.72 Å². The summed E-state index contributed by atoms with van der Waals surface area (Å²) in [5, 5.41) is 8.76. The Bertz CT molecular complexity index is 595. The highest BCUT2D eigenvalue weighted by Gasteiger charge is 2.25. The average Bonchev–Trinajstić information content (AvgIpc) is 2.80. The molecule has 1 aromatic carbocycles. The third kappa shape index (κ3) is 3.09. The van der Waals surface area contributed by atoms with Crippen LogP contribution in [-0.4, -0.2) is 38.7 Å². The first kappa shape index (κ1) is 13.9. The van der Waals surface area contributed by atoms with Gasteiger partial charge in [0.25, 0.3) is 0 Å². The maximum Gasteiger partial charge on any atom is 0.338 e. The lowest BCUT2D eigenvalue weighted by Crippen LogP contribution is -2.35. The lowest BCUT2D eigenvalue weighted by Gasteiger charge is -2.11. The number of rotatable bonds is 4. The maximum atomic E-state index is 13.2. The second-order valence-corrected chi connectivity index (χ2v) is 5.84. The lowest BCUT2D eigenvalue weighted by atomic mass is 10.2. The summed E-state index contributed by atoms with van der Waals surface area (Å²) < 4.78 is 44.6. The van der Waals surface area contributed by atoms with Gasteiger partial charge in [0.15, 0.2) is 0 Å². The number of carboxylic acid groups (broad SMARTS) is 1. The van der Waals surface area contributed by atoms with Gasteiger partial charge in [0, 0.05) is 12.6 Å². The van der Waals surface area contributed by atoms with Crippen molar-refractivity contribution in [2.75, 3.05) is 13.2 Å². The number of hydrogen-bond acceptors (Lipinski definition) is 4. The van der Waals surface area contributed by atoms with Gasteiger partial charge in [-0.1, -0.05) is 0 Å². The molecule has 0 unspecified atom stereocenters. The second-order valence-electron chi connectivity index (χ2n) is 4.13. The number of ether oxygens (including phenoxy) is 1. The molecule has 1 aliphatic rings. The normalized spacial score (nSPS) is 19.5. The molecule has 0 radical (unpaired) electrons. The molecule has 8 heteroatoms. The van der Waals surface area contributed by atoms with Crippen LogP contribution in [0.25, 0.3) is 0 Å². The van der Waals surface area contributed by atoms with Crippen LogP contribution in [0.15, 0.2) is 23.1 Å². The summed E-state index contributed by atoms with van der Waals surface area (Å²) in [7, 11) is -3.88. The van der Waals surface area contributed by atoms with Crippen molar-refractivity contribution in [2.24, 2.45) is 0 Å². The van der Waals surface area contributed by atoms with E-state index in [1.54, 1.807) is 0 Å². The fourth-order valence-corrected chi connectivity index (χ4v) is 3.03. The monoisotopic (exact) mass is 289 g/mol. The van der Waals surface area contributed by atoms with Crippen LogP contribution in [0, 0.1) is 5.82 Å². The van der Waals surface area contributed by atoms with Crippen molar-refractivity contribution in [3.63, 3.8) is 0 Å². The molecule has 2 rings (SSSR count). The Morgan fingerprint density at radius 1 is 1.47 bits per heavy atom. The fraction of sp³-hybridized carbons (Fsp3) is 0.364. The molecule has 1 aliphatic heterocycles. The van der Waals surface area contributed by atoms with E-state index < -0.39 is 27.4 Å². The number of benzene rings is 1. The average molecular weight is 289 g/mol. The first-order chi connectivity index (χ1) is 8.90. The molecular formula is C11H12FNO5S. The highest BCUT2D eigenvalue weighted by atomic mass is 32.2. The van der Waals surface area contributed by atoms with Crippen molar-refractivity contribution < 1.29 is 27.4 Å². The molecule has 19 heavy (non-hydrogen) atoms. The molecular weight excluding hydrogens is 277 g/mol. The van der Waals surface area contributed by atoms with Gasteiger partial charge in [-0.2, -0.15) is 0 Å². The van der Waals surface area contributed by atoms with Crippen LogP contribution < -0.4 is 4.72 Å². The van der Waals surface area contributed by atoms with Gasteiger partial charge in [-0.05, 0) is 24.6 Å². The van der Waals surface area contributed by atoms with Crippen LogP contribution in [0.5, 0.6) is 0 Å². The van der Waals surface area contributed by atoms with Crippen molar-refractivity contribution in [1.82, 2.24) is 4.72 Å². The van der Waals surface area contributed by atoms with Gasteiger partial charge in [-0.25, -0.2) is 22.3 Å². The van der Waals surface area contributed by atoms with E-state index in [1.807, 2.05) is 0 Å². The van der Waals surface area contributed by atoms with Crippen LogP contribution in [0.2, 0.25) is 0 Å². The molecule has 1 saturated heterocycles. The van der Waals surface area contributed by atoms with E-state index in [4.69, 9.17) is 9.84 Å². The zero-order valence-electron chi connectivity index (χ0n) is 9.80. The number of aromatic carboxylic acids is 1. The molecule has 6 nitrogen and oxygen atoms in total. The zero-order valence-corrected chi connectivity index (χ0v) is 10.6. The molecule has 0 bridgehead atoms. The minimum Gasteiger partial charge on any atom is -0.478 e. The highest BCUT2D eigenvalue weighted by Crippen LogP contribution is 2.16. The second kappa shape index (κ2) is 5.24. The minimum atomic E-state index is -3.88. The summed E-state index contributed by atoms with van der Waals surface area (Å²) in [6, 6.07) is 2.31. The van der Waals surface area contributed by atoms with Gasteiger partial charge in [-0.3, -0.25) is 0 Å². The van der Waals surface area contributed by atoms with Gasteiger partial charge in [0.2, 0.25) is 10.0 Å². The smallest absolute Gasteiger partial charge is 0.338 e. The van der Waals surface area contributed by atoms with E-state index in [0.717, 1.165) is 18.2 Å². The number of carboxylic acids is 1. The van der Waals surface area contributed by atoms with E-state index in [0.29, 0.717) is 13.0 Å². The number of halogens is 1. The number of sulfonamides is 1. The van der Waals surface area contributed by atoms with Crippen LogP contribution in [0.3, 0.4) is 0 Å². The molecule has 0 aliphatic carbocycles. The third-order valence-corrected chi connectivity index (χ3v) is 4.25. The minimum absolute atomic E-state index is 0.270. The van der Waals surface area contributed by atoms with E-state index >= 15 is 0 Å². The van der Waals surface area contributed by atoms with Gasteiger partial charge in [0.05, 0.1) is 17.1 Å². The third-order valence-electron chi connectivity index (χ3n) is 2.73. The summed E-state index contributed by atoms with van der Waals surface area (Å²) in [4.78, 5) is 10.5. The molecule has 0 saturated carbocycles. The Hall–Kier alpha value is -1.51. The Balaban J connectivity index is 2.29. The predicted molar refractivity (Wildman–Crippen MR) is 62.9 cm³/mol. The summed E-state index contributed by atoms with van der Waals surface area (Å²) in [5.74, 6) is -2.49. The largest absolute Gasteiger partial charge is 0.478 e. The Morgan fingerprint density at radius 2 is 2.21 bits per heavy atom. The van der Waals surface area contributed by atoms with Crippen molar-refractivity contribution >= 4 is 16.0 Å². The standard InChI is InChI=1S/C11H12FNO5S/c12-10-2-1-8(5-9(10)11(14)15)19(16,17)13-7-3-4-18-6-7/h1-2,5,7,13H,3-4,6H2,(H,14,15)/t7-/m0/s1. The Kier molecular flexibility index (Phi) is 3.83. The fourth-order valence-electron chi connectivity index (χ4n) is 1.75. The van der Waals surface area contributed by atoms with Crippen LogP contribution in [0.4, 0.5) is 4.39 Å². The summed E-state index contributed by atoms with van der Waals surface area (Å²) in [6.07, 6.45) is 0.548. The first-order valence-electron chi connectivity index (χ1n) is 5.53. The molecule has 1 fully saturated rings. The van der Waals surface area contributed by atoms with Crippen molar-refractivity contribution in [1.29, 1.82) is 0 Å². The number of nitrogens with one attached hydrogen (secondary N) is 1. The summed E-state index contributed by atoms with van der Waals surface area (Å²) in [5.41, 5.74) is -0.675. The summed E-state index contributed by atoms with van der Waals surface area (Å²) >= 11 is 0. The molecule has 0 spiro atoms. The quantitative estimate of drug-likeness (QED) is 0.846. The molecule has 1 atom stereocenters. The van der Waals surface area contributed by atoms with E-state index in [9.17, 15) is 17.6 Å². The van der Waals surface area contributed by atoms with E-state index in [-0.39, 0.29) is 17.5 Å². The number of carbonyl (C=O) groups is 1.